The van der Waals surface area contributed by atoms with E-state index in [4.69, 9.17) is 0 Å². The Labute approximate surface area is 91.2 Å². The monoisotopic (exact) mass is 202 g/mol. The Morgan fingerprint density at radius 3 is 2.27 bits per heavy atom. The Morgan fingerprint density at radius 2 is 1.73 bits per heavy atom. The van der Waals surface area contributed by atoms with E-state index in [2.05, 4.69) is 67.1 Å². The average Bonchev–Trinajstić information content (AvgIpc) is 2.75. The molecule has 0 aliphatic carbocycles. The molecule has 0 radical (unpaired) electrons. The Hall–Kier alpha value is -1.44. The van der Waals surface area contributed by atoms with E-state index in [0.717, 1.165) is 6.42 Å². The molecule has 0 aliphatic heterocycles. The molecule has 0 saturated carbocycles. The van der Waals surface area contributed by atoms with Crippen molar-refractivity contribution in [3.8, 4) is 0 Å². The lowest BCUT2D eigenvalue weighted by Crippen LogP contribution is -1.96. The predicted octanol–water partition coefficient (Wildman–Crippen LogP) is 2.71. The Balaban J connectivity index is 2.06. The van der Waals surface area contributed by atoms with Crippen LogP contribution in [0.3, 0.4) is 0 Å². The molecule has 0 amide bonds. The zero-order valence-electron chi connectivity index (χ0n) is 9.64. The van der Waals surface area contributed by atoms with E-state index in [1.807, 2.05) is 0 Å². The van der Waals surface area contributed by atoms with Crippen LogP contribution in [0.15, 0.2) is 36.9 Å². The minimum Gasteiger partial charge on any atom is -0.357 e. The van der Waals surface area contributed by atoms with Crippen molar-refractivity contribution in [1.82, 2.24) is 9.13 Å². The number of hydrogen-bond donors (Lipinski definition) is 0. The molecule has 2 aromatic rings. The molecule has 80 valence electrons. The zero-order chi connectivity index (χ0) is 10.8. The molecule has 0 spiro atoms. The molecule has 0 N–H and O–H groups in total. The first-order chi connectivity index (χ1) is 7.15. The lowest BCUT2D eigenvalue weighted by Gasteiger charge is -2.07. The van der Waals surface area contributed by atoms with Crippen LogP contribution in [-0.2, 0) is 20.5 Å². The largest absolute Gasteiger partial charge is 0.357 e. The summed E-state index contributed by atoms with van der Waals surface area (Å²) in [5, 5.41) is 0. The van der Waals surface area contributed by atoms with Crippen molar-refractivity contribution in [1.29, 1.82) is 0 Å². The molecule has 2 nitrogen and oxygen atoms in total. The van der Waals surface area contributed by atoms with Gasteiger partial charge in [-0.05, 0) is 35.6 Å². The van der Waals surface area contributed by atoms with Gasteiger partial charge in [0.25, 0.3) is 0 Å². The van der Waals surface area contributed by atoms with E-state index in [-0.39, 0.29) is 0 Å². The van der Waals surface area contributed by atoms with Gasteiger partial charge in [0.15, 0.2) is 0 Å². The molecule has 2 heteroatoms. The summed E-state index contributed by atoms with van der Waals surface area (Å²) in [6.45, 7) is 2.28. The van der Waals surface area contributed by atoms with Gasteiger partial charge in [-0.25, -0.2) is 0 Å². The van der Waals surface area contributed by atoms with E-state index in [1.165, 1.54) is 11.1 Å². The quantitative estimate of drug-likeness (QED) is 0.724. The van der Waals surface area contributed by atoms with Crippen LogP contribution in [0, 0.1) is 0 Å². The summed E-state index contributed by atoms with van der Waals surface area (Å²) in [7, 11) is 4.13. The van der Waals surface area contributed by atoms with Gasteiger partial charge in [0.1, 0.15) is 0 Å². The van der Waals surface area contributed by atoms with Crippen LogP contribution in [-0.4, -0.2) is 9.13 Å². The number of rotatable bonds is 3. The summed E-state index contributed by atoms with van der Waals surface area (Å²) in [5.41, 5.74) is 2.83. The van der Waals surface area contributed by atoms with E-state index in [0.29, 0.717) is 5.92 Å². The number of aryl methyl sites for hydroxylation is 2. The first-order valence-corrected chi connectivity index (χ1v) is 5.38. The number of aromatic nitrogens is 2. The van der Waals surface area contributed by atoms with Crippen LogP contribution in [0.1, 0.15) is 24.0 Å². The smallest absolute Gasteiger partial charge is 0.0106 e. The zero-order valence-corrected chi connectivity index (χ0v) is 9.64. The first kappa shape index (κ1) is 10.1. The lowest BCUT2D eigenvalue weighted by atomic mass is 9.97. The van der Waals surface area contributed by atoms with Gasteiger partial charge in [-0.3, -0.25) is 0 Å². The molecule has 0 aromatic carbocycles. The van der Waals surface area contributed by atoms with Gasteiger partial charge >= 0.3 is 0 Å². The van der Waals surface area contributed by atoms with Crippen molar-refractivity contribution in [3.05, 3.63) is 48.0 Å². The second-order valence-corrected chi connectivity index (χ2v) is 4.40. The minimum atomic E-state index is 0.591. The molecule has 2 aromatic heterocycles. The molecule has 15 heavy (non-hydrogen) atoms. The van der Waals surface area contributed by atoms with Gasteiger partial charge in [0.05, 0.1) is 0 Å². The van der Waals surface area contributed by atoms with Crippen LogP contribution >= 0.6 is 0 Å². The summed E-state index contributed by atoms with van der Waals surface area (Å²) in [6, 6.07) is 4.40. The van der Waals surface area contributed by atoms with Gasteiger partial charge in [-0.2, -0.15) is 0 Å². The third-order valence-electron chi connectivity index (χ3n) is 2.86. The summed E-state index contributed by atoms with van der Waals surface area (Å²) in [4.78, 5) is 0. The van der Waals surface area contributed by atoms with Crippen molar-refractivity contribution >= 4 is 0 Å². The Kier molecular flexibility index (Phi) is 2.67. The van der Waals surface area contributed by atoms with Crippen molar-refractivity contribution in [3.63, 3.8) is 0 Å². The van der Waals surface area contributed by atoms with Crippen LogP contribution in [0.25, 0.3) is 0 Å². The van der Waals surface area contributed by atoms with E-state index in [1.54, 1.807) is 0 Å². The summed E-state index contributed by atoms with van der Waals surface area (Å²) < 4.78 is 4.21. The maximum absolute atomic E-state index is 2.28. The van der Waals surface area contributed by atoms with Crippen molar-refractivity contribution in [2.45, 2.75) is 19.3 Å². The van der Waals surface area contributed by atoms with Crippen molar-refractivity contribution in [2.24, 2.45) is 14.1 Å². The summed E-state index contributed by atoms with van der Waals surface area (Å²) >= 11 is 0. The number of nitrogens with zero attached hydrogens (tertiary/aromatic N) is 2. The van der Waals surface area contributed by atoms with Gasteiger partial charge in [0, 0.05) is 38.9 Å². The van der Waals surface area contributed by atoms with Crippen molar-refractivity contribution in [2.75, 3.05) is 0 Å². The van der Waals surface area contributed by atoms with E-state index < -0.39 is 0 Å². The average molecular weight is 202 g/mol. The van der Waals surface area contributed by atoms with Crippen LogP contribution in [0.5, 0.6) is 0 Å². The highest BCUT2D eigenvalue weighted by molar-refractivity contribution is 5.20. The maximum Gasteiger partial charge on any atom is 0.0106 e. The van der Waals surface area contributed by atoms with Gasteiger partial charge in [-0.1, -0.05) is 6.92 Å². The lowest BCUT2D eigenvalue weighted by molar-refractivity contribution is 0.752. The Morgan fingerprint density at radius 1 is 1.07 bits per heavy atom. The van der Waals surface area contributed by atoms with Crippen LogP contribution < -0.4 is 0 Å². The maximum atomic E-state index is 2.28. The Bertz CT molecular complexity index is 437. The fourth-order valence-electron chi connectivity index (χ4n) is 1.97. The van der Waals surface area contributed by atoms with Crippen LogP contribution in [0.2, 0.25) is 0 Å². The topological polar surface area (TPSA) is 9.86 Å². The molecule has 2 rings (SSSR count). The number of hydrogen-bond acceptors (Lipinski definition) is 0. The van der Waals surface area contributed by atoms with Gasteiger partial charge < -0.3 is 9.13 Å². The fraction of sp³-hybridized carbons (Fsp3) is 0.385. The van der Waals surface area contributed by atoms with Crippen LogP contribution in [0.4, 0.5) is 0 Å². The molecule has 2 heterocycles. The summed E-state index contributed by atoms with van der Waals surface area (Å²) in [5.74, 6) is 0.591. The molecule has 1 unspecified atom stereocenters. The van der Waals surface area contributed by atoms with E-state index in [9.17, 15) is 0 Å². The molecular formula is C13H18N2. The third-order valence-corrected chi connectivity index (χ3v) is 2.86. The van der Waals surface area contributed by atoms with Gasteiger partial charge in [-0.15, -0.1) is 0 Å². The molecule has 0 fully saturated rings. The molecule has 0 bridgehead atoms. The molecule has 1 atom stereocenters. The normalized spacial score (nSPS) is 13.0. The van der Waals surface area contributed by atoms with Crippen molar-refractivity contribution < 1.29 is 0 Å². The standard InChI is InChI=1S/C13H18N2/c1-11(13-5-7-15(3)10-13)8-12-4-6-14(2)9-12/h4-7,9-11H,8H2,1-3H3. The summed E-state index contributed by atoms with van der Waals surface area (Å²) in [6.07, 6.45) is 9.72. The molecular weight excluding hydrogens is 184 g/mol. The first-order valence-electron chi connectivity index (χ1n) is 5.38. The molecule has 0 saturated heterocycles. The third kappa shape index (κ3) is 2.32. The van der Waals surface area contributed by atoms with E-state index >= 15 is 0 Å². The SMILES string of the molecule is CC(Cc1ccn(C)c1)c1ccn(C)c1. The second kappa shape index (κ2) is 3.97. The second-order valence-electron chi connectivity index (χ2n) is 4.40. The highest BCUT2D eigenvalue weighted by Gasteiger charge is 2.08. The minimum absolute atomic E-state index is 0.591. The fourth-order valence-corrected chi connectivity index (χ4v) is 1.97. The highest BCUT2D eigenvalue weighted by Crippen LogP contribution is 2.20. The highest BCUT2D eigenvalue weighted by atomic mass is 14.9. The molecule has 0 aliphatic rings. The predicted molar refractivity (Wildman–Crippen MR) is 62.9 cm³/mol. The van der Waals surface area contributed by atoms with Gasteiger partial charge in [0.2, 0.25) is 0 Å².